The molecule has 19 heavy (non-hydrogen) atoms. The maximum atomic E-state index is 3.65. The van der Waals surface area contributed by atoms with Gasteiger partial charge in [-0.15, -0.1) is 0 Å². The second-order valence-electron chi connectivity index (χ2n) is 7.30. The predicted octanol–water partition coefficient (Wildman–Crippen LogP) is 5.15. The minimum atomic E-state index is 0.573. The van der Waals surface area contributed by atoms with Gasteiger partial charge in [-0.05, 0) is 43.6 Å². The van der Waals surface area contributed by atoms with E-state index in [1.54, 1.807) is 0 Å². The van der Waals surface area contributed by atoms with Crippen molar-refractivity contribution in [3.8, 4) is 0 Å². The molecule has 0 aromatic rings. The fourth-order valence-electron chi connectivity index (χ4n) is 5.07. The van der Waals surface area contributed by atoms with Crippen LogP contribution in [0.15, 0.2) is 0 Å². The minimum absolute atomic E-state index is 0.573. The van der Waals surface area contributed by atoms with Crippen molar-refractivity contribution in [1.82, 2.24) is 5.32 Å². The van der Waals surface area contributed by atoms with Crippen molar-refractivity contribution in [3.63, 3.8) is 0 Å². The first kappa shape index (κ1) is 15.4. The van der Waals surface area contributed by atoms with Crippen LogP contribution in [-0.4, -0.2) is 13.1 Å². The first-order valence-electron chi connectivity index (χ1n) is 8.91. The third-order valence-electron chi connectivity index (χ3n) is 6.38. The maximum absolute atomic E-state index is 3.65. The van der Waals surface area contributed by atoms with Crippen LogP contribution in [0, 0.1) is 17.3 Å². The SMILES string of the molecule is CCC1(C)C2CCCCCCCCCCC2C1NC. The molecule has 1 heteroatoms. The number of hydrogen-bond acceptors (Lipinski definition) is 1. The van der Waals surface area contributed by atoms with Crippen molar-refractivity contribution < 1.29 is 0 Å². The van der Waals surface area contributed by atoms with Gasteiger partial charge in [0.05, 0.1) is 0 Å². The highest BCUT2D eigenvalue weighted by atomic mass is 15.0. The van der Waals surface area contributed by atoms with E-state index in [0.717, 1.165) is 17.9 Å². The third kappa shape index (κ3) is 3.17. The zero-order valence-electron chi connectivity index (χ0n) is 13.5. The summed E-state index contributed by atoms with van der Waals surface area (Å²) in [6.07, 6.45) is 16.2. The van der Waals surface area contributed by atoms with Crippen molar-refractivity contribution in [2.75, 3.05) is 7.05 Å². The number of nitrogens with one attached hydrogen (secondary N) is 1. The Hall–Kier alpha value is -0.0400. The van der Waals surface area contributed by atoms with Crippen LogP contribution < -0.4 is 5.32 Å². The third-order valence-corrected chi connectivity index (χ3v) is 6.38. The number of hydrogen-bond donors (Lipinski definition) is 1. The van der Waals surface area contributed by atoms with Crippen LogP contribution >= 0.6 is 0 Å². The molecule has 2 saturated carbocycles. The predicted molar refractivity (Wildman–Crippen MR) is 84.4 cm³/mol. The van der Waals surface area contributed by atoms with Crippen LogP contribution in [0.1, 0.15) is 84.5 Å². The Labute approximate surface area is 120 Å². The second-order valence-corrected chi connectivity index (χ2v) is 7.30. The summed E-state index contributed by atoms with van der Waals surface area (Å²) in [4.78, 5) is 0. The van der Waals surface area contributed by atoms with Crippen molar-refractivity contribution in [2.45, 2.75) is 90.5 Å². The van der Waals surface area contributed by atoms with Crippen molar-refractivity contribution in [2.24, 2.45) is 17.3 Å². The van der Waals surface area contributed by atoms with Gasteiger partial charge in [-0.3, -0.25) is 0 Å². The molecule has 2 fully saturated rings. The molecule has 4 atom stereocenters. The quantitative estimate of drug-likeness (QED) is 0.728. The van der Waals surface area contributed by atoms with Crippen molar-refractivity contribution in [1.29, 1.82) is 0 Å². The smallest absolute Gasteiger partial charge is 0.0152 e. The van der Waals surface area contributed by atoms with Gasteiger partial charge in [-0.2, -0.15) is 0 Å². The summed E-state index contributed by atoms with van der Waals surface area (Å²) in [5.74, 6) is 1.96. The van der Waals surface area contributed by atoms with Gasteiger partial charge in [0.25, 0.3) is 0 Å². The van der Waals surface area contributed by atoms with E-state index < -0.39 is 0 Å². The summed E-state index contributed by atoms with van der Waals surface area (Å²) in [6.45, 7) is 4.94. The summed E-state index contributed by atoms with van der Waals surface area (Å²) >= 11 is 0. The molecular formula is C18H35N. The first-order chi connectivity index (χ1) is 9.24. The molecule has 0 heterocycles. The molecule has 2 aliphatic carbocycles. The topological polar surface area (TPSA) is 12.0 Å². The van der Waals surface area contributed by atoms with Gasteiger partial charge in [0.15, 0.2) is 0 Å². The highest BCUT2D eigenvalue weighted by Crippen LogP contribution is 2.57. The molecule has 1 N–H and O–H groups in total. The lowest BCUT2D eigenvalue weighted by molar-refractivity contribution is -0.0867. The molecule has 0 aromatic heterocycles. The van der Waals surface area contributed by atoms with Crippen LogP contribution in [0.25, 0.3) is 0 Å². The zero-order chi connectivity index (χ0) is 13.7. The molecule has 112 valence electrons. The Bertz CT molecular complexity index is 262. The van der Waals surface area contributed by atoms with E-state index in [1.807, 2.05) is 0 Å². The van der Waals surface area contributed by atoms with Crippen LogP contribution in [-0.2, 0) is 0 Å². The molecule has 0 aromatic carbocycles. The van der Waals surface area contributed by atoms with Gasteiger partial charge in [0.1, 0.15) is 0 Å². The average molecular weight is 265 g/mol. The molecule has 0 radical (unpaired) electrons. The number of rotatable bonds is 2. The molecule has 2 rings (SSSR count). The lowest BCUT2D eigenvalue weighted by Gasteiger charge is -2.61. The van der Waals surface area contributed by atoms with Gasteiger partial charge < -0.3 is 5.32 Å². The summed E-state index contributed by atoms with van der Waals surface area (Å²) < 4.78 is 0. The highest BCUT2D eigenvalue weighted by molar-refractivity contribution is 5.08. The van der Waals surface area contributed by atoms with Crippen LogP contribution in [0.3, 0.4) is 0 Å². The Kier molecular flexibility index (Phi) is 5.74. The Morgan fingerprint density at radius 1 is 0.895 bits per heavy atom. The molecular weight excluding hydrogens is 230 g/mol. The molecule has 2 aliphatic rings. The molecule has 4 unspecified atom stereocenters. The normalized spacial score (nSPS) is 41.5. The van der Waals surface area contributed by atoms with Crippen molar-refractivity contribution in [3.05, 3.63) is 0 Å². The van der Waals surface area contributed by atoms with Gasteiger partial charge in [-0.1, -0.05) is 65.2 Å². The van der Waals surface area contributed by atoms with Crippen LogP contribution in [0.5, 0.6) is 0 Å². The Balaban J connectivity index is 1.98. The van der Waals surface area contributed by atoms with E-state index >= 15 is 0 Å². The fraction of sp³-hybridized carbons (Fsp3) is 1.00. The second kappa shape index (κ2) is 7.11. The molecule has 0 spiro atoms. The van der Waals surface area contributed by atoms with E-state index in [2.05, 4.69) is 26.2 Å². The molecule has 0 amide bonds. The molecule has 1 nitrogen and oxygen atoms in total. The van der Waals surface area contributed by atoms with Gasteiger partial charge in [0.2, 0.25) is 0 Å². The fourth-order valence-corrected chi connectivity index (χ4v) is 5.07. The highest BCUT2D eigenvalue weighted by Gasteiger charge is 2.55. The van der Waals surface area contributed by atoms with Gasteiger partial charge in [0, 0.05) is 6.04 Å². The Morgan fingerprint density at radius 2 is 1.42 bits per heavy atom. The summed E-state index contributed by atoms with van der Waals surface area (Å²) in [7, 11) is 2.19. The van der Waals surface area contributed by atoms with Crippen LogP contribution in [0.2, 0.25) is 0 Å². The lowest BCUT2D eigenvalue weighted by atomic mass is 9.47. The lowest BCUT2D eigenvalue weighted by Crippen LogP contribution is -2.64. The Morgan fingerprint density at radius 3 is 1.95 bits per heavy atom. The van der Waals surface area contributed by atoms with Crippen molar-refractivity contribution >= 4 is 0 Å². The summed E-state index contributed by atoms with van der Waals surface area (Å²) in [6, 6.07) is 0.783. The van der Waals surface area contributed by atoms with E-state index in [4.69, 9.17) is 0 Å². The van der Waals surface area contributed by atoms with E-state index in [9.17, 15) is 0 Å². The van der Waals surface area contributed by atoms with E-state index in [1.165, 1.54) is 70.6 Å². The monoisotopic (exact) mass is 265 g/mol. The summed E-state index contributed by atoms with van der Waals surface area (Å²) in [5, 5.41) is 3.65. The van der Waals surface area contributed by atoms with Gasteiger partial charge in [-0.25, -0.2) is 0 Å². The van der Waals surface area contributed by atoms with E-state index in [-0.39, 0.29) is 0 Å². The zero-order valence-corrected chi connectivity index (χ0v) is 13.5. The average Bonchev–Trinajstić information content (AvgIpc) is 2.41. The van der Waals surface area contributed by atoms with Crippen LogP contribution in [0.4, 0.5) is 0 Å². The molecule has 0 saturated heterocycles. The largest absolute Gasteiger partial charge is 0.316 e. The first-order valence-corrected chi connectivity index (χ1v) is 8.91. The minimum Gasteiger partial charge on any atom is -0.316 e. The molecule has 0 bridgehead atoms. The number of fused-ring (bicyclic) bond motifs is 1. The van der Waals surface area contributed by atoms with Gasteiger partial charge >= 0.3 is 0 Å². The molecule has 0 aliphatic heterocycles. The summed E-state index contributed by atoms with van der Waals surface area (Å²) in [5.41, 5.74) is 0.573. The standard InChI is InChI=1S/C18H35N/c1-4-18(2)16-14-12-10-8-6-5-7-9-11-13-15(16)17(18)19-3/h15-17,19H,4-14H2,1-3H3. The maximum Gasteiger partial charge on any atom is 0.0152 e. The van der Waals surface area contributed by atoms with E-state index in [0.29, 0.717) is 5.41 Å².